The van der Waals surface area contributed by atoms with Gasteiger partial charge in [0.25, 0.3) is 0 Å². The largest absolute Gasteiger partial charge is 0.389 e. The van der Waals surface area contributed by atoms with Gasteiger partial charge in [0, 0.05) is 25.6 Å². The first-order chi connectivity index (χ1) is 7.97. The fraction of sp³-hybridized carbons (Fsp3) is 1.00. The van der Waals surface area contributed by atoms with Gasteiger partial charge in [-0.2, -0.15) is 13.2 Å². The van der Waals surface area contributed by atoms with Gasteiger partial charge >= 0.3 is 6.18 Å². The highest BCUT2D eigenvalue weighted by Crippen LogP contribution is 2.22. The van der Waals surface area contributed by atoms with Gasteiger partial charge in [-0.15, -0.1) is 0 Å². The van der Waals surface area contributed by atoms with E-state index < -0.39 is 12.6 Å². The molecule has 1 fully saturated rings. The van der Waals surface area contributed by atoms with Crippen molar-refractivity contribution in [1.29, 1.82) is 0 Å². The number of alkyl halides is 3. The van der Waals surface area contributed by atoms with E-state index in [1.165, 1.54) is 0 Å². The van der Waals surface area contributed by atoms with Crippen LogP contribution in [0, 0.1) is 5.92 Å². The first-order valence-electron chi connectivity index (χ1n) is 6.35. The first-order valence-corrected chi connectivity index (χ1v) is 6.35. The Kier molecular flexibility index (Phi) is 6.27. The maximum atomic E-state index is 11.9. The van der Waals surface area contributed by atoms with Crippen molar-refractivity contribution < 1.29 is 17.9 Å². The summed E-state index contributed by atoms with van der Waals surface area (Å²) in [7, 11) is 0. The molecule has 0 bridgehead atoms. The highest BCUT2D eigenvalue weighted by molar-refractivity contribution is 4.69. The number of rotatable bonds is 6. The van der Waals surface area contributed by atoms with E-state index in [9.17, 15) is 13.2 Å². The van der Waals surface area contributed by atoms with Gasteiger partial charge in [-0.1, -0.05) is 0 Å². The first kappa shape index (κ1) is 14.8. The maximum absolute atomic E-state index is 11.9. The molecule has 1 aliphatic rings. The van der Waals surface area contributed by atoms with Crippen LogP contribution in [-0.4, -0.2) is 32.0 Å². The van der Waals surface area contributed by atoms with Crippen LogP contribution in [0.15, 0.2) is 0 Å². The van der Waals surface area contributed by atoms with E-state index in [4.69, 9.17) is 4.74 Å². The van der Waals surface area contributed by atoms with Crippen LogP contribution in [0.3, 0.4) is 0 Å². The minimum absolute atomic E-state index is 0.152. The fourth-order valence-electron chi connectivity index (χ4n) is 2.05. The molecule has 1 N–H and O–H groups in total. The summed E-state index contributed by atoms with van der Waals surface area (Å²) in [6.07, 6.45) is -1.66. The summed E-state index contributed by atoms with van der Waals surface area (Å²) >= 11 is 0. The van der Waals surface area contributed by atoms with Crippen LogP contribution in [0.5, 0.6) is 0 Å². The molecule has 0 radical (unpaired) electrons. The van der Waals surface area contributed by atoms with E-state index in [-0.39, 0.29) is 12.5 Å². The second-order valence-electron chi connectivity index (χ2n) is 4.90. The molecule has 0 aliphatic carbocycles. The summed E-state index contributed by atoms with van der Waals surface area (Å²) in [4.78, 5) is 0. The summed E-state index contributed by atoms with van der Waals surface area (Å²) in [6, 6.07) is 0.152. The van der Waals surface area contributed by atoms with E-state index in [2.05, 4.69) is 5.32 Å². The molecule has 2 atom stereocenters. The zero-order valence-corrected chi connectivity index (χ0v) is 10.4. The minimum Gasteiger partial charge on any atom is -0.381 e. The van der Waals surface area contributed by atoms with Crippen LogP contribution in [0.4, 0.5) is 13.2 Å². The molecule has 0 amide bonds. The monoisotopic (exact) mass is 253 g/mol. The molecule has 5 heteroatoms. The Morgan fingerprint density at radius 1 is 1.41 bits per heavy atom. The Morgan fingerprint density at radius 2 is 2.18 bits per heavy atom. The molecule has 2 unspecified atom stereocenters. The van der Waals surface area contributed by atoms with Crippen molar-refractivity contribution in [3.63, 3.8) is 0 Å². The van der Waals surface area contributed by atoms with Gasteiger partial charge in [-0.05, 0) is 38.5 Å². The molecule has 0 saturated carbocycles. The van der Waals surface area contributed by atoms with E-state index >= 15 is 0 Å². The van der Waals surface area contributed by atoms with E-state index in [0.717, 1.165) is 32.6 Å². The average Bonchev–Trinajstić information content (AvgIpc) is 2.26. The van der Waals surface area contributed by atoms with Gasteiger partial charge in [0.15, 0.2) is 0 Å². The Balaban J connectivity index is 2.02. The lowest BCUT2D eigenvalue weighted by atomic mass is 10.0. The number of hydrogen-bond donors (Lipinski definition) is 1. The average molecular weight is 253 g/mol. The van der Waals surface area contributed by atoms with Crippen molar-refractivity contribution in [3.05, 3.63) is 0 Å². The maximum Gasteiger partial charge on any atom is 0.389 e. The van der Waals surface area contributed by atoms with Crippen molar-refractivity contribution in [2.45, 2.75) is 51.2 Å². The van der Waals surface area contributed by atoms with Crippen LogP contribution in [-0.2, 0) is 4.74 Å². The lowest BCUT2D eigenvalue weighted by Crippen LogP contribution is -2.34. The molecule has 2 nitrogen and oxygen atoms in total. The fourth-order valence-corrected chi connectivity index (χ4v) is 2.05. The third-order valence-corrected chi connectivity index (χ3v) is 3.11. The third-order valence-electron chi connectivity index (χ3n) is 3.11. The summed E-state index contributed by atoms with van der Waals surface area (Å²) in [5.74, 6) is 0.522. The van der Waals surface area contributed by atoms with Gasteiger partial charge in [0.1, 0.15) is 0 Å². The minimum atomic E-state index is -4.02. The molecule has 1 aliphatic heterocycles. The van der Waals surface area contributed by atoms with Gasteiger partial charge < -0.3 is 10.1 Å². The van der Waals surface area contributed by atoms with Crippen LogP contribution in [0.2, 0.25) is 0 Å². The summed E-state index contributed by atoms with van der Waals surface area (Å²) in [6.45, 7) is 4.42. The lowest BCUT2D eigenvalue weighted by Gasteiger charge is -2.24. The molecule has 0 aromatic carbocycles. The third kappa shape index (κ3) is 7.60. The van der Waals surface area contributed by atoms with Crippen molar-refractivity contribution >= 4 is 0 Å². The quantitative estimate of drug-likeness (QED) is 0.785. The van der Waals surface area contributed by atoms with Crippen molar-refractivity contribution in [3.8, 4) is 0 Å². The molecule has 0 aromatic heterocycles. The number of nitrogens with one attached hydrogen (secondary N) is 1. The summed E-state index contributed by atoms with van der Waals surface area (Å²) in [5, 5.41) is 3.29. The second-order valence-corrected chi connectivity index (χ2v) is 4.90. The summed E-state index contributed by atoms with van der Waals surface area (Å²) in [5.41, 5.74) is 0. The predicted octanol–water partition coefficient (Wildman–Crippen LogP) is 3.12. The number of ether oxygens (including phenoxy) is 1. The molecule has 0 spiro atoms. The van der Waals surface area contributed by atoms with Crippen molar-refractivity contribution in [1.82, 2.24) is 5.32 Å². The summed E-state index contributed by atoms with van der Waals surface area (Å²) < 4.78 is 41.2. The van der Waals surface area contributed by atoms with Crippen molar-refractivity contribution in [2.24, 2.45) is 5.92 Å². The van der Waals surface area contributed by atoms with Crippen LogP contribution < -0.4 is 5.32 Å². The molecular formula is C12H22F3NO. The Labute approximate surface area is 101 Å². The molecule has 1 heterocycles. The second kappa shape index (κ2) is 7.21. The highest BCUT2D eigenvalue weighted by Gasteiger charge is 2.26. The molecule has 1 rings (SSSR count). The molecule has 1 saturated heterocycles. The van der Waals surface area contributed by atoms with E-state index in [1.54, 1.807) is 0 Å². The predicted molar refractivity (Wildman–Crippen MR) is 60.9 cm³/mol. The van der Waals surface area contributed by atoms with E-state index in [1.807, 2.05) is 6.92 Å². The Bertz CT molecular complexity index is 202. The van der Waals surface area contributed by atoms with Gasteiger partial charge in [-0.3, -0.25) is 0 Å². The zero-order chi connectivity index (χ0) is 12.7. The molecule has 17 heavy (non-hydrogen) atoms. The molecular weight excluding hydrogens is 231 g/mol. The number of halogens is 3. The van der Waals surface area contributed by atoms with Gasteiger partial charge in [-0.25, -0.2) is 0 Å². The SMILES string of the molecule is CC(CCCC(F)(F)F)NCC1CCCOC1. The highest BCUT2D eigenvalue weighted by atomic mass is 19.4. The van der Waals surface area contributed by atoms with Crippen molar-refractivity contribution in [2.75, 3.05) is 19.8 Å². The Hall–Kier alpha value is -0.290. The van der Waals surface area contributed by atoms with Gasteiger partial charge in [0.2, 0.25) is 0 Å². The van der Waals surface area contributed by atoms with Crippen LogP contribution >= 0.6 is 0 Å². The van der Waals surface area contributed by atoms with Crippen LogP contribution in [0.1, 0.15) is 39.0 Å². The van der Waals surface area contributed by atoms with E-state index in [0.29, 0.717) is 12.3 Å². The van der Waals surface area contributed by atoms with Crippen LogP contribution in [0.25, 0.3) is 0 Å². The normalized spacial score (nSPS) is 23.6. The van der Waals surface area contributed by atoms with Gasteiger partial charge in [0.05, 0.1) is 6.61 Å². The Morgan fingerprint density at radius 3 is 2.76 bits per heavy atom. The lowest BCUT2D eigenvalue weighted by molar-refractivity contribution is -0.135. The standard InChI is InChI=1S/C12H22F3NO/c1-10(4-2-6-12(13,14)15)16-8-11-5-3-7-17-9-11/h10-11,16H,2-9H2,1H3. The topological polar surface area (TPSA) is 21.3 Å². The smallest absolute Gasteiger partial charge is 0.381 e. The zero-order valence-electron chi connectivity index (χ0n) is 10.4. The number of hydrogen-bond acceptors (Lipinski definition) is 2. The molecule has 102 valence electrons. The molecule has 0 aromatic rings.